The molecule has 0 radical (unpaired) electrons. The van der Waals surface area contributed by atoms with Gasteiger partial charge in [0.2, 0.25) is 11.5 Å². The second-order valence-corrected chi connectivity index (χ2v) is 8.29. The van der Waals surface area contributed by atoms with Gasteiger partial charge >= 0.3 is 0 Å². The first-order valence-electron chi connectivity index (χ1n) is 10.3. The van der Waals surface area contributed by atoms with Crippen LogP contribution in [0.15, 0.2) is 69.5 Å². The van der Waals surface area contributed by atoms with Crippen molar-refractivity contribution < 1.29 is 9.21 Å². The van der Waals surface area contributed by atoms with Gasteiger partial charge in [-0.1, -0.05) is 31.2 Å². The molecule has 3 aromatic heterocycles. The third kappa shape index (κ3) is 3.48. The van der Waals surface area contributed by atoms with E-state index >= 15 is 0 Å². The Kier molecular flexibility index (Phi) is 5.07. The average Bonchev–Trinajstić information content (AvgIpc) is 3.41. The average molecular weight is 445 g/mol. The summed E-state index contributed by atoms with van der Waals surface area (Å²) in [4.78, 5) is 36.0. The van der Waals surface area contributed by atoms with Crippen LogP contribution in [0.25, 0.3) is 22.1 Å². The van der Waals surface area contributed by atoms with Gasteiger partial charge in [0.05, 0.1) is 24.3 Å². The topological polar surface area (TPSA) is 81.2 Å². The molecule has 0 spiro atoms. The van der Waals surface area contributed by atoms with E-state index in [2.05, 4.69) is 16.9 Å². The van der Waals surface area contributed by atoms with Gasteiger partial charge < -0.3 is 4.42 Å². The lowest BCUT2D eigenvalue weighted by atomic mass is 10.1. The SMILES string of the molecule is CCc1ccc(N(C(C)=O)c2nc(Cn3cnc4c(oc5ccccc54)c3=O)cs2)cc1. The molecule has 0 aliphatic heterocycles. The van der Waals surface area contributed by atoms with Crippen molar-refractivity contribution in [1.29, 1.82) is 0 Å². The van der Waals surface area contributed by atoms with E-state index in [1.54, 1.807) is 4.90 Å². The molecule has 3 heterocycles. The maximum Gasteiger partial charge on any atom is 0.297 e. The molecule has 0 aliphatic rings. The van der Waals surface area contributed by atoms with Gasteiger partial charge in [-0.2, -0.15) is 0 Å². The van der Waals surface area contributed by atoms with Gasteiger partial charge in [-0.15, -0.1) is 11.3 Å². The standard InChI is InChI=1S/C24H20N4O3S/c1-3-16-8-10-18(11-9-16)28(15(2)29)24-26-17(13-32-24)12-27-14-25-21-19-6-4-5-7-20(19)31-22(21)23(27)30/h4-11,13-14H,3,12H2,1-2H3. The number of carbonyl (C=O) groups excluding carboxylic acids is 1. The lowest BCUT2D eigenvalue weighted by molar-refractivity contribution is -0.115. The van der Waals surface area contributed by atoms with E-state index in [0.717, 1.165) is 17.5 Å². The Balaban J connectivity index is 1.47. The van der Waals surface area contributed by atoms with Crippen LogP contribution in [0.4, 0.5) is 10.8 Å². The molecule has 0 aliphatic carbocycles. The molecule has 5 rings (SSSR count). The molecular formula is C24H20N4O3S. The van der Waals surface area contributed by atoms with E-state index < -0.39 is 0 Å². The minimum atomic E-state index is -0.265. The predicted octanol–water partition coefficient (Wildman–Crippen LogP) is 4.89. The van der Waals surface area contributed by atoms with Crippen molar-refractivity contribution in [3.05, 3.63) is 81.8 Å². The largest absolute Gasteiger partial charge is 0.448 e. The van der Waals surface area contributed by atoms with Crippen LogP contribution in [0.5, 0.6) is 0 Å². The van der Waals surface area contributed by atoms with E-state index in [1.165, 1.54) is 34.7 Å². The number of carbonyl (C=O) groups is 1. The van der Waals surface area contributed by atoms with Crippen LogP contribution in [0.1, 0.15) is 25.1 Å². The molecular weight excluding hydrogens is 424 g/mol. The molecule has 160 valence electrons. The number of furan rings is 1. The summed E-state index contributed by atoms with van der Waals surface area (Å²) in [5.41, 5.74) is 3.78. The monoisotopic (exact) mass is 444 g/mol. The van der Waals surface area contributed by atoms with Crippen LogP contribution in [-0.4, -0.2) is 20.4 Å². The first-order valence-corrected chi connectivity index (χ1v) is 11.1. The Morgan fingerprint density at radius 1 is 1.16 bits per heavy atom. The molecule has 0 fully saturated rings. The highest BCUT2D eigenvalue weighted by Gasteiger charge is 2.19. The van der Waals surface area contributed by atoms with E-state index in [4.69, 9.17) is 4.42 Å². The molecule has 1 amide bonds. The number of para-hydroxylation sites is 1. The molecule has 0 saturated carbocycles. The molecule has 0 N–H and O–H groups in total. The molecule has 0 atom stereocenters. The number of rotatable bonds is 5. The van der Waals surface area contributed by atoms with Gasteiger partial charge in [0, 0.05) is 17.7 Å². The van der Waals surface area contributed by atoms with Crippen LogP contribution in [-0.2, 0) is 17.8 Å². The summed E-state index contributed by atoms with van der Waals surface area (Å²) in [7, 11) is 0. The third-order valence-corrected chi connectivity index (χ3v) is 6.21. The van der Waals surface area contributed by atoms with Crippen molar-refractivity contribution in [1.82, 2.24) is 14.5 Å². The number of aryl methyl sites for hydroxylation is 1. The van der Waals surface area contributed by atoms with Crippen molar-refractivity contribution in [2.75, 3.05) is 4.90 Å². The smallest absolute Gasteiger partial charge is 0.297 e. The van der Waals surface area contributed by atoms with E-state index in [9.17, 15) is 9.59 Å². The first kappa shape index (κ1) is 20.1. The fraction of sp³-hybridized carbons (Fsp3) is 0.167. The maximum absolute atomic E-state index is 13.0. The first-order chi connectivity index (χ1) is 15.5. The number of hydrogen-bond donors (Lipinski definition) is 0. The lowest BCUT2D eigenvalue weighted by Crippen LogP contribution is -2.23. The zero-order valence-corrected chi connectivity index (χ0v) is 18.4. The van der Waals surface area contributed by atoms with E-state index in [1.807, 2.05) is 53.9 Å². The Morgan fingerprint density at radius 2 is 1.94 bits per heavy atom. The number of fused-ring (bicyclic) bond motifs is 3. The number of benzene rings is 2. The van der Waals surface area contributed by atoms with E-state index in [-0.39, 0.29) is 23.6 Å². The molecule has 0 unspecified atom stereocenters. The summed E-state index contributed by atoms with van der Waals surface area (Å²) >= 11 is 1.36. The van der Waals surface area contributed by atoms with Gasteiger partial charge in [0.1, 0.15) is 11.1 Å². The zero-order chi connectivity index (χ0) is 22.2. The Morgan fingerprint density at radius 3 is 2.69 bits per heavy atom. The highest BCUT2D eigenvalue weighted by molar-refractivity contribution is 7.14. The summed E-state index contributed by atoms with van der Waals surface area (Å²) in [6.45, 7) is 3.83. The Labute approximate surface area is 187 Å². The van der Waals surface area contributed by atoms with Crippen molar-refractivity contribution in [3.63, 3.8) is 0 Å². The molecule has 2 aromatic carbocycles. The second-order valence-electron chi connectivity index (χ2n) is 7.45. The van der Waals surface area contributed by atoms with Crippen LogP contribution >= 0.6 is 11.3 Å². The number of hydrogen-bond acceptors (Lipinski definition) is 6. The minimum absolute atomic E-state index is 0.127. The summed E-state index contributed by atoms with van der Waals surface area (Å²) in [5.74, 6) is -0.127. The van der Waals surface area contributed by atoms with Gasteiger partial charge in [0.15, 0.2) is 5.13 Å². The fourth-order valence-electron chi connectivity index (χ4n) is 3.68. The predicted molar refractivity (Wildman–Crippen MR) is 126 cm³/mol. The highest BCUT2D eigenvalue weighted by atomic mass is 32.1. The van der Waals surface area contributed by atoms with Gasteiger partial charge in [-0.3, -0.25) is 19.1 Å². The molecule has 8 heteroatoms. The molecule has 7 nitrogen and oxygen atoms in total. The molecule has 0 bridgehead atoms. The number of anilines is 2. The fourth-order valence-corrected chi connectivity index (χ4v) is 4.56. The van der Waals surface area contributed by atoms with Crippen LogP contribution in [0.2, 0.25) is 0 Å². The lowest BCUT2D eigenvalue weighted by Gasteiger charge is -2.18. The number of nitrogens with zero attached hydrogens (tertiary/aromatic N) is 4. The highest BCUT2D eigenvalue weighted by Crippen LogP contribution is 2.30. The normalized spacial score (nSPS) is 11.3. The van der Waals surface area contributed by atoms with Crippen molar-refractivity contribution in [2.24, 2.45) is 0 Å². The number of thiazole rings is 1. The van der Waals surface area contributed by atoms with Gasteiger partial charge in [-0.05, 0) is 36.2 Å². The molecule has 32 heavy (non-hydrogen) atoms. The quantitative estimate of drug-likeness (QED) is 0.385. The van der Waals surface area contributed by atoms with Crippen molar-refractivity contribution in [3.8, 4) is 0 Å². The van der Waals surface area contributed by atoms with Crippen LogP contribution in [0, 0.1) is 0 Å². The summed E-state index contributed by atoms with van der Waals surface area (Å²) in [5, 5.41) is 3.22. The Bertz CT molecular complexity index is 1500. The Hall–Kier alpha value is -3.78. The number of amides is 1. The van der Waals surface area contributed by atoms with Crippen LogP contribution in [0.3, 0.4) is 0 Å². The van der Waals surface area contributed by atoms with Crippen molar-refractivity contribution >= 4 is 50.1 Å². The summed E-state index contributed by atoms with van der Waals surface area (Å²) in [6, 6.07) is 15.3. The van der Waals surface area contributed by atoms with E-state index in [0.29, 0.717) is 21.9 Å². The maximum atomic E-state index is 13.0. The van der Waals surface area contributed by atoms with Crippen molar-refractivity contribution in [2.45, 2.75) is 26.8 Å². The van der Waals surface area contributed by atoms with Crippen LogP contribution < -0.4 is 10.5 Å². The third-order valence-electron chi connectivity index (χ3n) is 5.33. The number of aromatic nitrogens is 3. The summed E-state index contributed by atoms with van der Waals surface area (Å²) in [6.07, 6.45) is 2.44. The van der Waals surface area contributed by atoms with Gasteiger partial charge in [-0.25, -0.2) is 9.97 Å². The second kappa shape index (κ2) is 8.05. The van der Waals surface area contributed by atoms with Gasteiger partial charge in [0.25, 0.3) is 5.56 Å². The minimum Gasteiger partial charge on any atom is -0.448 e. The zero-order valence-electron chi connectivity index (χ0n) is 17.6. The molecule has 5 aromatic rings. The summed E-state index contributed by atoms with van der Waals surface area (Å²) < 4.78 is 7.22. The molecule has 0 saturated heterocycles.